The van der Waals surface area contributed by atoms with Crippen LogP contribution >= 0.6 is 0 Å². The minimum Gasteiger partial charge on any atom is -0.356 e. The number of hydrogen-bond acceptors (Lipinski definition) is 1. The molecule has 1 atom stereocenters. The van der Waals surface area contributed by atoms with E-state index in [2.05, 4.69) is 56.2 Å². The monoisotopic (exact) mass is 353 g/mol. The zero-order chi connectivity index (χ0) is 19.3. The van der Waals surface area contributed by atoms with Crippen LogP contribution in [0.5, 0.6) is 0 Å². The average Bonchev–Trinajstić information content (AvgIpc) is 2.65. The minimum atomic E-state index is 0.0913. The highest BCUT2D eigenvalue weighted by Gasteiger charge is 2.01. The summed E-state index contributed by atoms with van der Waals surface area (Å²) in [5, 5.41) is 2.94. The van der Waals surface area contributed by atoms with Crippen molar-refractivity contribution in [1.29, 1.82) is 0 Å². The van der Waals surface area contributed by atoms with Crippen molar-refractivity contribution >= 4 is 5.91 Å². The first-order valence-corrected chi connectivity index (χ1v) is 9.76. The Morgan fingerprint density at radius 3 is 2.23 bits per heavy atom. The van der Waals surface area contributed by atoms with Gasteiger partial charge in [-0.1, -0.05) is 94.1 Å². The van der Waals surface area contributed by atoms with Gasteiger partial charge in [-0.05, 0) is 37.3 Å². The Bertz CT molecular complexity index is 552. The van der Waals surface area contributed by atoms with Crippen LogP contribution in [0.3, 0.4) is 0 Å². The van der Waals surface area contributed by atoms with Crippen molar-refractivity contribution in [2.45, 2.75) is 59.3 Å². The minimum absolute atomic E-state index is 0.0913. The SMILES string of the molecule is CCC/C=C/C#C/C=C\C=C\CC/C=C/C=C/CC(=O)NCC(C)CC. The van der Waals surface area contributed by atoms with E-state index in [4.69, 9.17) is 0 Å². The van der Waals surface area contributed by atoms with Crippen molar-refractivity contribution < 1.29 is 4.79 Å². The molecule has 2 nitrogen and oxygen atoms in total. The van der Waals surface area contributed by atoms with E-state index >= 15 is 0 Å². The van der Waals surface area contributed by atoms with E-state index in [-0.39, 0.29) is 5.91 Å². The fourth-order valence-electron chi connectivity index (χ4n) is 1.81. The number of allylic oxidation sites excluding steroid dienone is 9. The Kier molecular flexibility index (Phi) is 17.4. The van der Waals surface area contributed by atoms with Gasteiger partial charge in [0.15, 0.2) is 0 Å². The van der Waals surface area contributed by atoms with Crippen LogP contribution in [-0.4, -0.2) is 12.5 Å². The molecular weight excluding hydrogens is 318 g/mol. The van der Waals surface area contributed by atoms with Gasteiger partial charge in [-0.25, -0.2) is 0 Å². The second-order valence-corrected chi connectivity index (χ2v) is 6.22. The summed E-state index contributed by atoms with van der Waals surface area (Å²) in [6.45, 7) is 7.19. The van der Waals surface area contributed by atoms with Crippen LogP contribution < -0.4 is 5.32 Å². The Balaban J connectivity index is 3.72. The van der Waals surface area contributed by atoms with Gasteiger partial charge < -0.3 is 5.32 Å². The van der Waals surface area contributed by atoms with Gasteiger partial charge in [-0.15, -0.1) is 0 Å². The van der Waals surface area contributed by atoms with E-state index in [9.17, 15) is 4.79 Å². The van der Waals surface area contributed by atoms with Crippen LogP contribution in [0.1, 0.15) is 59.3 Å². The predicted molar refractivity (Wildman–Crippen MR) is 115 cm³/mol. The zero-order valence-corrected chi connectivity index (χ0v) is 16.7. The van der Waals surface area contributed by atoms with Crippen LogP contribution in [0.4, 0.5) is 0 Å². The Hall–Kier alpha value is -2.27. The molecule has 142 valence electrons. The third-order valence-corrected chi connectivity index (χ3v) is 3.70. The second-order valence-electron chi connectivity index (χ2n) is 6.22. The summed E-state index contributed by atoms with van der Waals surface area (Å²) in [7, 11) is 0. The molecule has 0 aliphatic rings. The summed E-state index contributed by atoms with van der Waals surface area (Å²) in [4.78, 5) is 11.6. The molecule has 0 bridgehead atoms. The fraction of sp³-hybridized carbons (Fsp3) is 0.458. The molecule has 0 saturated heterocycles. The van der Waals surface area contributed by atoms with Crippen molar-refractivity contribution in [1.82, 2.24) is 5.32 Å². The molecule has 0 aromatic rings. The average molecular weight is 354 g/mol. The summed E-state index contributed by atoms with van der Waals surface area (Å²) in [5.74, 6) is 6.58. The van der Waals surface area contributed by atoms with Gasteiger partial charge >= 0.3 is 0 Å². The first-order valence-electron chi connectivity index (χ1n) is 9.76. The van der Waals surface area contributed by atoms with E-state index in [0.717, 1.165) is 38.6 Å². The molecule has 1 N–H and O–H groups in total. The summed E-state index contributed by atoms with van der Waals surface area (Å²) in [6, 6.07) is 0. The Labute approximate surface area is 160 Å². The van der Waals surface area contributed by atoms with Crippen LogP contribution in [0.2, 0.25) is 0 Å². The summed E-state index contributed by atoms with van der Waals surface area (Å²) < 4.78 is 0. The maximum atomic E-state index is 11.6. The van der Waals surface area contributed by atoms with Crippen LogP contribution in [0.15, 0.2) is 60.8 Å². The molecule has 26 heavy (non-hydrogen) atoms. The maximum Gasteiger partial charge on any atom is 0.223 e. The van der Waals surface area contributed by atoms with E-state index in [0.29, 0.717) is 12.3 Å². The lowest BCUT2D eigenvalue weighted by Gasteiger charge is -2.08. The number of rotatable bonds is 12. The van der Waals surface area contributed by atoms with Crippen LogP contribution in [0, 0.1) is 17.8 Å². The quantitative estimate of drug-likeness (QED) is 0.264. The first kappa shape index (κ1) is 23.7. The predicted octanol–water partition coefficient (Wildman–Crippen LogP) is 5.90. The molecule has 0 rings (SSSR count). The van der Waals surface area contributed by atoms with E-state index < -0.39 is 0 Å². The molecule has 0 saturated carbocycles. The van der Waals surface area contributed by atoms with Gasteiger partial charge in [0.2, 0.25) is 5.91 Å². The van der Waals surface area contributed by atoms with Gasteiger partial charge in [0.25, 0.3) is 0 Å². The molecule has 2 heteroatoms. The van der Waals surface area contributed by atoms with Crippen molar-refractivity contribution in [3.8, 4) is 11.8 Å². The largest absolute Gasteiger partial charge is 0.356 e. The third kappa shape index (κ3) is 18.1. The fourth-order valence-corrected chi connectivity index (χ4v) is 1.81. The molecule has 0 aliphatic heterocycles. The number of amides is 1. The smallest absolute Gasteiger partial charge is 0.223 e. The van der Waals surface area contributed by atoms with E-state index in [1.165, 1.54) is 0 Å². The Morgan fingerprint density at radius 2 is 1.54 bits per heavy atom. The number of hydrogen-bond donors (Lipinski definition) is 1. The normalized spacial score (nSPS) is 13.2. The van der Waals surface area contributed by atoms with Crippen LogP contribution in [-0.2, 0) is 4.79 Å². The van der Waals surface area contributed by atoms with E-state index in [1.807, 2.05) is 42.5 Å². The lowest BCUT2D eigenvalue weighted by atomic mass is 10.1. The number of unbranched alkanes of at least 4 members (excludes halogenated alkanes) is 2. The van der Waals surface area contributed by atoms with Crippen molar-refractivity contribution in [2.75, 3.05) is 6.54 Å². The van der Waals surface area contributed by atoms with Gasteiger partial charge in [0.1, 0.15) is 0 Å². The van der Waals surface area contributed by atoms with Crippen molar-refractivity contribution in [3.63, 3.8) is 0 Å². The molecule has 1 amide bonds. The van der Waals surface area contributed by atoms with Crippen LogP contribution in [0.25, 0.3) is 0 Å². The summed E-state index contributed by atoms with van der Waals surface area (Å²) in [5.41, 5.74) is 0. The molecule has 0 heterocycles. The van der Waals surface area contributed by atoms with Gasteiger partial charge in [0, 0.05) is 13.0 Å². The molecule has 0 fully saturated rings. The summed E-state index contributed by atoms with van der Waals surface area (Å²) >= 11 is 0. The highest BCUT2D eigenvalue weighted by atomic mass is 16.1. The molecule has 0 spiro atoms. The number of carbonyl (C=O) groups excluding carboxylic acids is 1. The number of carbonyl (C=O) groups is 1. The van der Waals surface area contributed by atoms with Gasteiger partial charge in [0.05, 0.1) is 0 Å². The first-order chi connectivity index (χ1) is 12.7. The highest BCUT2D eigenvalue weighted by molar-refractivity contribution is 5.77. The topological polar surface area (TPSA) is 29.1 Å². The molecule has 1 unspecified atom stereocenters. The van der Waals surface area contributed by atoms with E-state index in [1.54, 1.807) is 0 Å². The molecule has 0 aromatic carbocycles. The lowest BCUT2D eigenvalue weighted by molar-refractivity contribution is -0.120. The van der Waals surface area contributed by atoms with Crippen molar-refractivity contribution in [3.05, 3.63) is 60.8 Å². The molecular formula is C24H35NO. The zero-order valence-electron chi connectivity index (χ0n) is 16.7. The standard InChI is InChI=1S/C24H35NO/c1-4-6-7-8-9-10-11-12-13-14-15-16-17-18-19-20-21-24(26)25-22-23(3)5-2/h7-8,11-14,17-20,23H,4-6,15-16,21-22H2,1-3H3,(H,25,26)/b8-7+,12-11-,14-13+,18-17+,20-19+. The Morgan fingerprint density at radius 1 is 0.885 bits per heavy atom. The highest BCUT2D eigenvalue weighted by Crippen LogP contribution is 1.98. The van der Waals surface area contributed by atoms with Gasteiger partial charge in [-0.3, -0.25) is 4.79 Å². The summed E-state index contributed by atoms with van der Waals surface area (Å²) in [6.07, 6.45) is 25.7. The third-order valence-electron chi connectivity index (χ3n) is 3.70. The molecule has 0 aromatic heterocycles. The number of nitrogens with one attached hydrogen (secondary N) is 1. The lowest BCUT2D eigenvalue weighted by Crippen LogP contribution is -2.27. The van der Waals surface area contributed by atoms with Crippen molar-refractivity contribution in [2.24, 2.45) is 5.92 Å². The maximum absolute atomic E-state index is 11.6. The van der Waals surface area contributed by atoms with Gasteiger partial charge in [-0.2, -0.15) is 0 Å². The molecule has 0 aliphatic carbocycles. The molecule has 0 radical (unpaired) electrons. The second kappa shape index (κ2) is 19.1.